The molecule has 2 aromatic rings. The summed E-state index contributed by atoms with van der Waals surface area (Å²) in [4.78, 5) is 19.0. The molecule has 6 heteroatoms. The molecule has 2 aliphatic rings. The van der Waals surface area contributed by atoms with Gasteiger partial charge in [-0.15, -0.1) is 0 Å². The number of benzene rings is 1. The van der Waals surface area contributed by atoms with Gasteiger partial charge in [-0.2, -0.15) is 0 Å². The van der Waals surface area contributed by atoms with Crippen LogP contribution in [0.5, 0.6) is 0 Å². The summed E-state index contributed by atoms with van der Waals surface area (Å²) in [6, 6.07) is 10.7. The third kappa shape index (κ3) is 6.50. The van der Waals surface area contributed by atoms with Crippen molar-refractivity contribution in [1.82, 2.24) is 15.2 Å². The van der Waals surface area contributed by atoms with Crippen LogP contribution in [0.25, 0.3) is 0 Å². The molecule has 1 aliphatic carbocycles. The van der Waals surface area contributed by atoms with Crippen molar-refractivity contribution in [3.05, 3.63) is 60.2 Å². The second-order valence-corrected chi connectivity index (χ2v) is 9.06. The molecule has 1 aromatic heterocycles. The average Bonchev–Trinajstić information content (AvgIpc) is 2.79. The number of hydrogen-bond donors (Lipinski definition) is 2. The molecule has 5 nitrogen and oxygen atoms in total. The minimum Gasteiger partial charge on any atom is -0.335 e. The Kier molecular flexibility index (Phi) is 7.52. The lowest BCUT2D eigenvalue weighted by Crippen LogP contribution is -2.48. The van der Waals surface area contributed by atoms with Gasteiger partial charge in [-0.3, -0.25) is 4.98 Å². The standard InChI is InChI=1S/C25H33FN4O/c26-22-7-5-19(6-8-22)17-20-11-15-30(16-12-20)18-21-3-1-2-4-24(21)29-25(31)28-23-9-13-27-14-10-23/h5-10,13-14,20-21,24H,1-4,11-12,15-18H2,(H2,27,28,29,31)/t21-,24+/m1/s1. The quantitative estimate of drug-likeness (QED) is 0.697. The maximum Gasteiger partial charge on any atom is 0.319 e. The number of nitrogens with zero attached hydrogens (tertiary/aromatic N) is 2. The first-order chi connectivity index (χ1) is 15.2. The Morgan fingerprint density at radius 2 is 1.71 bits per heavy atom. The third-order valence-corrected chi connectivity index (χ3v) is 6.80. The average molecular weight is 425 g/mol. The molecule has 4 rings (SSSR count). The van der Waals surface area contributed by atoms with Gasteiger partial charge in [-0.05, 0) is 86.9 Å². The number of likely N-dealkylation sites (tertiary alicyclic amines) is 1. The molecule has 2 N–H and O–H groups in total. The summed E-state index contributed by atoms with van der Waals surface area (Å²) in [7, 11) is 0. The zero-order valence-electron chi connectivity index (χ0n) is 18.1. The number of aromatic nitrogens is 1. The molecule has 2 atom stereocenters. The smallest absolute Gasteiger partial charge is 0.319 e. The van der Waals surface area contributed by atoms with Crippen LogP contribution < -0.4 is 10.6 Å². The number of pyridine rings is 1. The maximum atomic E-state index is 13.1. The number of rotatable bonds is 6. The van der Waals surface area contributed by atoms with Gasteiger partial charge in [0.1, 0.15) is 5.82 Å². The van der Waals surface area contributed by atoms with Crippen molar-refractivity contribution in [1.29, 1.82) is 0 Å². The normalized spacial score (nSPS) is 22.7. The van der Waals surface area contributed by atoms with E-state index in [9.17, 15) is 9.18 Å². The monoisotopic (exact) mass is 424 g/mol. The fourth-order valence-corrected chi connectivity index (χ4v) is 5.05. The summed E-state index contributed by atoms with van der Waals surface area (Å²) in [5, 5.41) is 6.14. The number of hydrogen-bond acceptors (Lipinski definition) is 3. The van der Waals surface area contributed by atoms with Crippen LogP contribution in [-0.2, 0) is 6.42 Å². The second kappa shape index (κ2) is 10.7. The first kappa shape index (κ1) is 21.8. The molecule has 31 heavy (non-hydrogen) atoms. The Morgan fingerprint density at radius 3 is 2.45 bits per heavy atom. The molecule has 1 saturated heterocycles. The van der Waals surface area contributed by atoms with Crippen LogP contribution in [0.3, 0.4) is 0 Å². The number of carbonyl (C=O) groups excluding carboxylic acids is 1. The van der Waals surface area contributed by atoms with Crippen molar-refractivity contribution >= 4 is 11.7 Å². The molecule has 0 spiro atoms. The predicted molar refractivity (Wildman–Crippen MR) is 121 cm³/mol. The summed E-state index contributed by atoms with van der Waals surface area (Å²) in [5.41, 5.74) is 2.00. The number of piperidine rings is 1. The lowest BCUT2D eigenvalue weighted by Gasteiger charge is -2.39. The van der Waals surface area contributed by atoms with Crippen LogP contribution in [0.1, 0.15) is 44.1 Å². The molecule has 0 radical (unpaired) electrons. The Labute approximate surface area is 184 Å². The van der Waals surface area contributed by atoms with Gasteiger partial charge in [0.25, 0.3) is 0 Å². The van der Waals surface area contributed by atoms with Crippen molar-refractivity contribution in [3.8, 4) is 0 Å². The molecule has 2 heterocycles. The van der Waals surface area contributed by atoms with Crippen molar-refractivity contribution in [3.63, 3.8) is 0 Å². The number of urea groups is 1. The Morgan fingerprint density at radius 1 is 1.00 bits per heavy atom. The maximum absolute atomic E-state index is 13.1. The number of halogens is 1. The minimum absolute atomic E-state index is 0.124. The van der Waals surface area contributed by atoms with Gasteiger partial charge >= 0.3 is 6.03 Å². The zero-order valence-corrected chi connectivity index (χ0v) is 18.1. The molecular formula is C25H33FN4O. The Balaban J connectivity index is 1.24. The first-order valence-electron chi connectivity index (χ1n) is 11.6. The second-order valence-electron chi connectivity index (χ2n) is 9.06. The van der Waals surface area contributed by atoms with Gasteiger partial charge in [0.05, 0.1) is 0 Å². The molecule has 1 aromatic carbocycles. The SMILES string of the molecule is O=C(Nc1ccncc1)N[C@H]1CCCC[C@@H]1CN1CCC(Cc2ccc(F)cc2)CC1. The number of amides is 2. The van der Waals surface area contributed by atoms with Crippen LogP contribution in [0.2, 0.25) is 0 Å². The highest BCUT2D eigenvalue weighted by molar-refractivity contribution is 5.89. The van der Waals surface area contributed by atoms with E-state index in [4.69, 9.17) is 0 Å². The van der Waals surface area contributed by atoms with E-state index >= 15 is 0 Å². The van der Waals surface area contributed by atoms with Crippen molar-refractivity contribution < 1.29 is 9.18 Å². The summed E-state index contributed by atoms with van der Waals surface area (Å²) < 4.78 is 13.1. The largest absolute Gasteiger partial charge is 0.335 e. The molecule has 1 aliphatic heterocycles. The van der Waals surface area contributed by atoms with E-state index in [1.165, 1.54) is 37.7 Å². The van der Waals surface area contributed by atoms with E-state index in [-0.39, 0.29) is 17.9 Å². The van der Waals surface area contributed by atoms with Gasteiger partial charge in [0.2, 0.25) is 0 Å². The summed E-state index contributed by atoms with van der Waals surface area (Å²) >= 11 is 0. The molecule has 166 valence electrons. The van der Waals surface area contributed by atoms with Gasteiger partial charge in [0, 0.05) is 30.7 Å². The van der Waals surface area contributed by atoms with Crippen LogP contribution in [0, 0.1) is 17.7 Å². The van der Waals surface area contributed by atoms with Crippen LogP contribution in [0.15, 0.2) is 48.8 Å². The van der Waals surface area contributed by atoms with E-state index in [1.807, 2.05) is 12.1 Å². The van der Waals surface area contributed by atoms with Crippen molar-refractivity contribution in [2.24, 2.45) is 11.8 Å². The van der Waals surface area contributed by atoms with Gasteiger partial charge in [0.15, 0.2) is 0 Å². The summed E-state index contributed by atoms with van der Waals surface area (Å²) in [6.45, 7) is 3.28. The van der Waals surface area contributed by atoms with Crippen LogP contribution in [0.4, 0.5) is 14.9 Å². The minimum atomic E-state index is -0.163. The number of carbonyl (C=O) groups is 1. The predicted octanol–water partition coefficient (Wildman–Crippen LogP) is 4.86. The van der Waals surface area contributed by atoms with Crippen LogP contribution in [-0.4, -0.2) is 41.6 Å². The van der Waals surface area contributed by atoms with Gasteiger partial charge < -0.3 is 15.5 Å². The first-order valence-corrected chi connectivity index (χ1v) is 11.6. The molecule has 2 amide bonds. The zero-order chi connectivity index (χ0) is 21.5. The van der Waals surface area contributed by atoms with E-state index in [0.717, 1.165) is 38.2 Å². The van der Waals surface area contributed by atoms with Crippen molar-refractivity contribution in [2.45, 2.75) is 51.0 Å². The van der Waals surface area contributed by atoms with Gasteiger partial charge in [-0.25, -0.2) is 9.18 Å². The Bertz CT molecular complexity index is 821. The molecule has 2 fully saturated rings. The van der Waals surface area contributed by atoms with E-state index in [1.54, 1.807) is 36.7 Å². The van der Waals surface area contributed by atoms with Crippen molar-refractivity contribution in [2.75, 3.05) is 25.0 Å². The highest BCUT2D eigenvalue weighted by Gasteiger charge is 2.29. The molecular weight excluding hydrogens is 391 g/mol. The fraction of sp³-hybridized carbons (Fsp3) is 0.520. The summed E-state index contributed by atoms with van der Waals surface area (Å²) in [6.07, 6.45) is 11.4. The van der Waals surface area contributed by atoms with E-state index in [0.29, 0.717) is 11.8 Å². The van der Waals surface area contributed by atoms with E-state index < -0.39 is 0 Å². The molecule has 0 unspecified atom stereocenters. The van der Waals surface area contributed by atoms with Gasteiger partial charge in [-0.1, -0.05) is 25.0 Å². The van der Waals surface area contributed by atoms with Crippen LogP contribution >= 0.6 is 0 Å². The third-order valence-electron chi connectivity index (χ3n) is 6.80. The lowest BCUT2D eigenvalue weighted by atomic mass is 9.83. The number of nitrogens with one attached hydrogen (secondary N) is 2. The molecule has 1 saturated carbocycles. The molecule has 0 bridgehead atoms. The summed E-state index contributed by atoms with van der Waals surface area (Å²) in [5.74, 6) is 1.02. The fourth-order valence-electron chi connectivity index (χ4n) is 5.05. The van der Waals surface area contributed by atoms with E-state index in [2.05, 4.69) is 20.5 Å². The topological polar surface area (TPSA) is 57.3 Å². The highest BCUT2D eigenvalue weighted by Crippen LogP contribution is 2.28. The lowest BCUT2D eigenvalue weighted by molar-refractivity contribution is 0.130. The highest BCUT2D eigenvalue weighted by atomic mass is 19.1. The number of anilines is 1. The Hall–Kier alpha value is -2.47.